The Bertz CT molecular complexity index is 952. The number of carbonyl (C=O) groups is 1. The minimum atomic E-state index is -0.441. The summed E-state index contributed by atoms with van der Waals surface area (Å²) in [4.78, 5) is 26.6. The van der Waals surface area contributed by atoms with Crippen LogP contribution < -0.4 is 16.0 Å². The normalized spacial score (nSPS) is 11.2. The zero-order valence-electron chi connectivity index (χ0n) is 15.4. The number of nitrogens with zero attached hydrogens (tertiary/aromatic N) is 3. The summed E-state index contributed by atoms with van der Waals surface area (Å²) >= 11 is 7.46. The van der Waals surface area contributed by atoms with Crippen molar-refractivity contribution in [2.45, 2.75) is 20.4 Å². The van der Waals surface area contributed by atoms with Gasteiger partial charge in [-0.15, -0.1) is 11.3 Å². The molecular formula is C19H19ClN6OS. The molecule has 9 heteroatoms. The summed E-state index contributed by atoms with van der Waals surface area (Å²) in [7, 11) is 0. The van der Waals surface area contributed by atoms with E-state index in [1.54, 1.807) is 35.6 Å². The quantitative estimate of drug-likeness (QED) is 0.429. The maximum atomic E-state index is 12.4. The van der Waals surface area contributed by atoms with Crippen LogP contribution in [0.1, 0.15) is 16.3 Å². The predicted molar refractivity (Wildman–Crippen MR) is 114 cm³/mol. The Kier molecular flexibility index (Phi) is 6.57. The first-order valence-corrected chi connectivity index (χ1v) is 9.73. The number of urea groups is 1. The van der Waals surface area contributed by atoms with Gasteiger partial charge < -0.3 is 5.32 Å². The number of nitrogens with one attached hydrogen (secondary N) is 3. The SMILES string of the molecule is Cc1cc(C)nc(NC(=NCc2cccs2)NC(=O)Nc2ccc(Cl)cc2)n1. The Morgan fingerprint density at radius 3 is 2.46 bits per heavy atom. The molecule has 0 spiro atoms. The fourth-order valence-electron chi connectivity index (χ4n) is 2.36. The molecule has 0 bridgehead atoms. The zero-order valence-corrected chi connectivity index (χ0v) is 16.9. The number of aryl methyl sites for hydroxylation is 2. The van der Waals surface area contributed by atoms with Crippen LogP contribution in [0.5, 0.6) is 0 Å². The van der Waals surface area contributed by atoms with Gasteiger partial charge in [-0.2, -0.15) is 0 Å². The maximum absolute atomic E-state index is 12.4. The standard InChI is InChI=1S/C19H19ClN6OS/c1-12-10-13(2)23-18(22-12)25-17(21-11-16-4-3-9-28-16)26-19(27)24-15-7-5-14(20)6-8-15/h3-10H,11H2,1-2H3,(H3,21,22,23,24,25,26,27). The van der Waals surface area contributed by atoms with E-state index in [-0.39, 0.29) is 5.96 Å². The second-order valence-corrected chi connectivity index (χ2v) is 7.40. The fourth-order valence-corrected chi connectivity index (χ4v) is 3.11. The molecule has 3 aromatic rings. The summed E-state index contributed by atoms with van der Waals surface area (Å²) in [6.07, 6.45) is 0. The largest absolute Gasteiger partial charge is 0.326 e. The Morgan fingerprint density at radius 2 is 1.82 bits per heavy atom. The summed E-state index contributed by atoms with van der Waals surface area (Å²) in [6, 6.07) is 12.2. The van der Waals surface area contributed by atoms with Gasteiger partial charge in [-0.25, -0.2) is 19.8 Å². The highest BCUT2D eigenvalue weighted by Gasteiger charge is 2.09. The fraction of sp³-hybridized carbons (Fsp3) is 0.158. The summed E-state index contributed by atoms with van der Waals surface area (Å²) in [6.45, 7) is 4.18. The van der Waals surface area contributed by atoms with E-state index in [4.69, 9.17) is 11.6 Å². The molecule has 0 radical (unpaired) electrons. The molecule has 0 unspecified atom stereocenters. The third kappa shape index (κ3) is 6.04. The molecule has 0 aliphatic rings. The van der Waals surface area contributed by atoms with Crippen molar-refractivity contribution in [3.8, 4) is 0 Å². The Labute approximate surface area is 171 Å². The lowest BCUT2D eigenvalue weighted by atomic mass is 10.3. The highest BCUT2D eigenvalue weighted by molar-refractivity contribution is 7.09. The van der Waals surface area contributed by atoms with E-state index in [0.29, 0.717) is 23.2 Å². The highest BCUT2D eigenvalue weighted by Crippen LogP contribution is 2.13. The first kappa shape index (κ1) is 19.8. The van der Waals surface area contributed by atoms with E-state index in [1.165, 1.54) is 0 Å². The van der Waals surface area contributed by atoms with Crippen molar-refractivity contribution in [2.75, 3.05) is 10.6 Å². The third-order valence-electron chi connectivity index (χ3n) is 3.52. The lowest BCUT2D eigenvalue weighted by Gasteiger charge is -2.12. The van der Waals surface area contributed by atoms with Gasteiger partial charge >= 0.3 is 6.03 Å². The lowest BCUT2D eigenvalue weighted by molar-refractivity contribution is 0.256. The van der Waals surface area contributed by atoms with E-state index < -0.39 is 6.03 Å². The number of carbonyl (C=O) groups excluding carboxylic acids is 1. The summed E-state index contributed by atoms with van der Waals surface area (Å²) < 4.78 is 0. The average molecular weight is 415 g/mol. The number of thiophene rings is 1. The van der Waals surface area contributed by atoms with Crippen LogP contribution in [0, 0.1) is 13.8 Å². The Balaban J connectivity index is 1.73. The van der Waals surface area contributed by atoms with E-state index in [0.717, 1.165) is 16.3 Å². The maximum Gasteiger partial charge on any atom is 0.326 e. The molecular weight excluding hydrogens is 396 g/mol. The second kappa shape index (κ2) is 9.29. The van der Waals surface area contributed by atoms with Gasteiger partial charge in [0.25, 0.3) is 0 Å². The number of halogens is 1. The number of aliphatic imine (C=N–C) groups is 1. The highest BCUT2D eigenvalue weighted by atomic mass is 35.5. The Hall–Kier alpha value is -2.97. The van der Waals surface area contributed by atoms with Crippen molar-refractivity contribution in [3.63, 3.8) is 0 Å². The summed E-state index contributed by atoms with van der Waals surface area (Å²) in [5, 5.41) is 11.0. The van der Waals surface area contributed by atoms with E-state index in [2.05, 4.69) is 30.9 Å². The number of hydrogen-bond donors (Lipinski definition) is 3. The van der Waals surface area contributed by atoms with Crippen LogP contribution in [-0.2, 0) is 6.54 Å². The molecule has 3 N–H and O–H groups in total. The first-order valence-electron chi connectivity index (χ1n) is 8.47. The van der Waals surface area contributed by atoms with Gasteiger partial charge in [-0.05, 0) is 55.6 Å². The van der Waals surface area contributed by atoms with Crippen LogP contribution >= 0.6 is 22.9 Å². The number of guanidine groups is 1. The molecule has 2 aromatic heterocycles. The van der Waals surface area contributed by atoms with Gasteiger partial charge in [0, 0.05) is 27.0 Å². The van der Waals surface area contributed by atoms with Crippen molar-refractivity contribution < 1.29 is 4.79 Å². The Morgan fingerprint density at radius 1 is 1.11 bits per heavy atom. The predicted octanol–water partition coefficient (Wildman–Crippen LogP) is 4.60. The second-order valence-electron chi connectivity index (χ2n) is 5.93. The number of hydrogen-bond acceptors (Lipinski definition) is 5. The number of anilines is 2. The molecule has 2 amide bonds. The first-order chi connectivity index (χ1) is 13.5. The minimum Gasteiger partial charge on any atom is -0.308 e. The van der Waals surface area contributed by atoms with Gasteiger partial charge in [0.15, 0.2) is 0 Å². The smallest absolute Gasteiger partial charge is 0.308 e. The number of rotatable bonds is 4. The van der Waals surface area contributed by atoms with Gasteiger partial charge in [0.2, 0.25) is 11.9 Å². The number of amides is 2. The molecule has 0 saturated heterocycles. The van der Waals surface area contributed by atoms with Crippen molar-refractivity contribution in [1.29, 1.82) is 0 Å². The van der Waals surface area contributed by atoms with Crippen LogP contribution in [0.25, 0.3) is 0 Å². The molecule has 0 saturated carbocycles. The summed E-state index contributed by atoms with van der Waals surface area (Å²) in [5.41, 5.74) is 2.25. The molecule has 2 heterocycles. The zero-order chi connectivity index (χ0) is 19.9. The van der Waals surface area contributed by atoms with Crippen LogP contribution in [-0.4, -0.2) is 22.0 Å². The molecule has 0 atom stereocenters. The van der Waals surface area contributed by atoms with Gasteiger partial charge in [0.05, 0.1) is 6.54 Å². The molecule has 0 fully saturated rings. The summed E-state index contributed by atoms with van der Waals surface area (Å²) in [5.74, 6) is 0.624. The molecule has 144 valence electrons. The minimum absolute atomic E-state index is 0.255. The van der Waals surface area contributed by atoms with Crippen molar-refractivity contribution in [3.05, 3.63) is 69.1 Å². The average Bonchev–Trinajstić information content (AvgIpc) is 3.14. The molecule has 0 aliphatic heterocycles. The molecule has 0 aliphatic carbocycles. The number of aromatic nitrogens is 2. The van der Waals surface area contributed by atoms with Crippen LogP contribution in [0.4, 0.5) is 16.4 Å². The molecule has 3 rings (SSSR count). The molecule has 28 heavy (non-hydrogen) atoms. The van der Waals surface area contributed by atoms with Crippen molar-refractivity contribution in [2.24, 2.45) is 4.99 Å². The van der Waals surface area contributed by atoms with Gasteiger partial charge in [-0.3, -0.25) is 10.6 Å². The number of benzene rings is 1. The van der Waals surface area contributed by atoms with Crippen LogP contribution in [0.15, 0.2) is 52.8 Å². The van der Waals surface area contributed by atoms with E-state index >= 15 is 0 Å². The van der Waals surface area contributed by atoms with Crippen molar-refractivity contribution >= 4 is 46.6 Å². The molecule has 7 nitrogen and oxygen atoms in total. The third-order valence-corrected chi connectivity index (χ3v) is 4.63. The monoisotopic (exact) mass is 414 g/mol. The molecule has 1 aromatic carbocycles. The van der Waals surface area contributed by atoms with Crippen LogP contribution in [0.2, 0.25) is 5.02 Å². The van der Waals surface area contributed by atoms with E-state index in [9.17, 15) is 4.79 Å². The lowest BCUT2D eigenvalue weighted by Crippen LogP contribution is -2.39. The van der Waals surface area contributed by atoms with Gasteiger partial charge in [0.1, 0.15) is 0 Å². The van der Waals surface area contributed by atoms with E-state index in [1.807, 2.05) is 37.4 Å². The van der Waals surface area contributed by atoms with Crippen molar-refractivity contribution in [1.82, 2.24) is 15.3 Å². The van der Waals surface area contributed by atoms with Gasteiger partial charge in [-0.1, -0.05) is 17.7 Å². The van der Waals surface area contributed by atoms with Crippen LogP contribution in [0.3, 0.4) is 0 Å². The topological polar surface area (TPSA) is 91.3 Å².